The lowest BCUT2D eigenvalue weighted by atomic mass is 9.84. The molecule has 0 saturated carbocycles. The third kappa shape index (κ3) is 4.56. The van der Waals surface area contributed by atoms with E-state index in [4.69, 9.17) is 14.2 Å². The van der Waals surface area contributed by atoms with E-state index in [-0.39, 0.29) is 12.5 Å². The molecule has 1 heterocycles. The Balaban J connectivity index is 1.95. The first-order chi connectivity index (χ1) is 13.1. The minimum absolute atomic E-state index is 0.111. The van der Waals surface area contributed by atoms with Gasteiger partial charge in [-0.25, -0.2) is 0 Å². The van der Waals surface area contributed by atoms with Crippen LogP contribution in [0, 0.1) is 0 Å². The Bertz CT molecular complexity index is 785. The summed E-state index contributed by atoms with van der Waals surface area (Å²) < 4.78 is 16.5. The van der Waals surface area contributed by atoms with Crippen LogP contribution in [-0.4, -0.2) is 37.0 Å². The molecular weight excluding hydrogens is 344 g/mol. The Labute approximate surface area is 159 Å². The summed E-state index contributed by atoms with van der Waals surface area (Å²) in [6, 6.07) is 15.7. The van der Waals surface area contributed by atoms with Gasteiger partial charge in [0.15, 0.2) is 0 Å². The minimum atomic E-state index is -0.947. The van der Waals surface area contributed by atoms with Crippen LogP contribution in [0.2, 0.25) is 0 Å². The zero-order valence-corrected chi connectivity index (χ0v) is 15.5. The van der Waals surface area contributed by atoms with E-state index in [1.807, 2.05) is 60.7 Å². The van der Waals surface area contributed by atoms with Gasteiger partial charge < -0.3 is 19.3 Å². The van der Waals surface area contributed by atoms with Gasteiger partial charge in [0.25, 0.3) is 0 Å². The number of fused-ring (bicyclic) bond motifs is 1. The molecule has 0 bridgehead atoms. The van der Waals surface area contributed by atoms with E-state index in [9.17, 15) is 9.90 Å². The van der Waals surface area contributed by atoms with E-state index >= 15 is 0 Å². The predicted octanol–water partition coefficient (Wildman–Crippen LogP) is 3.32. The topological polar surface area (TPSA) is 65.0 Å². The van der Waals surface area contributed by atoms with Crippen LogP contribution in [0.5, 0.6) is 5.75 Å². The maximum absolute atomic E-state index is 11.1. The molecule has 0 aromatic heterocycles. The molecule has 5 heteroatoms. The molecule has 1 N–H and O–H groups in total. The maximum atomic E-state index is 11.1. The van der Waals surface area contributed by atoms with E-state index in [0.29, 0.717) is 6.61 Å². The number of ether oxygens (including phenoxy) is 3. The van der Waals surface area contributed by atoms with Crippen molar-refractivity contribution in [1.29, 1.82) is 0 Å². The summed E-state index contributed by atoms with van der Waals surface area (Å²) in [6.45, 7) is 1.57. The first-order valence-electron chi connectivity index (χ1n) is 8.92. The first kappa shape index (κ1) is 19.1. The largest absolute Gasteiger partial charge is 0.496 e. The van der Waals surface area contributed by atoms with Gasteiger partial charge in [-0.2, -0.15) is 0 Å². The number of benzene rings is 2. The standard InChI is InChI=1S/C22H24O5/c1-15(23)26-14-19(24)22-18(12-11-16-7-4-3-5-8-16)21-17(13-27-22)9-6-10-20(21)25-2/h3-12,18-19,22,24H,13-14H2,1-2H3/b12-11+/t18-,19+,22-/m0/s1. The number of rotatable bonds is 6. The summed E-state index contributed by atoms with van der Waals surface area (Å²) in [5.41, 5.74) is 3.06. The van der Waals surface area contributed by atoms with Gasteiger partial charge in [-0.1, -0.05) is 54.6 Å². The van der Waals surface area contributed by atoms with Crippen LogP contribution in [0.25, 0.3) is 6.08 Å². The van der Waals surface area contributed by atoms with Gasteiger partial charge in [-0.15, -0.1) is 0 Å². The lowest BCUT2D eigenvalue weighted by molar-refractivity contribution is -0.149. The molecule has 0 amide bonds. The zero-order valence-electron chi connectivity index (χ0n) is 15.5. The van der Waals surface area contributed by atoms with Crippen molar-refractivity contribution in [2.24, 2.45) is 0 Å². The molecule has 3 atom stereocenters. The second-order valence-corrected chi connectivity index (χ2v) is 6.47. The molecule has 5 nitrogen and oxygen atoms in total. The quantitative estimate of drug-likeness (QED) is 0.793. The van der Waals surface area contributed by atoms with Gasteiger partial charge in [0.05, 0.1) is 19.8 Å². The van der Waals surface area contributed by atoms with Crippen LogP contribution in [0.1, 0.15) is 29.5 Å². The summed E-state index contributed by atoms with van der Waals surface area (Å²) >= 11 is 0. The van der Waals surface area contributed by atoms with Gasteiger partial charge in [0.1, 0.15) is 18.5 Å². The third-order valence-electron chi connectivity index (χ3n) is 4.63. The van der Waals surface area contributed by atoms with Gasteiger partial charge in [0.2, 0.25) is 0 Å². The molecule has 142 valence electrons. The number of methoxy groups -OCH3 is 1. The second-order valence-electron chi connectivity index (χ2n) is 6.47. The lowest BCUT2D eigenvalue weighted by Gasteiger charge is -2.35. The molecule has 0 aliphatic carbocycles. The molecule has 1 aliphatic rings. The highest BCUT2D eigenvalue weighted by atomic mass is 16.5. The average molecular weight is 368 g/mol. The first-order valence-corrected chi connectivity index (χ1v) is 8.92. The van der Waals surface area contributed by atoms with Gasteiger partial charge in [-0.3, -0.25) is 4.79 Å². The minimum Gasteiger partial charge on any atom is -0.496 e. The monoisotopic (exact) mass is 368 g/mol. The Morgan fingerprint density at radius 3 is 2.74 bits per heavy atom. The third-order valence-corrected chi connectivity index (χ3v) is 4.63. The van der Waals surface area contributed by atoms with Crippen LogP contribution in [-0.2, 0) is 20.9 Å². The zero-order chi connectivity index (χ0) is 19.2. The fraction of sp³-hybridized carbons (Fsp3) is 0.318. The van der Waals surface area contributed by atoms with Crippen molar-refractivity contribution in [2.45, 2.75) is 31.7 Å². The van der Waals surface area contributed by atoms with Crippen molar-refractivity contribution >= 4 is 12.0 Å². The Hall–Kier alpha value is -2.63. The highest BCUT2D eigenvalue weighted by molar-refractivity contribution is 5.65. The number of hydrogen-bond donors (Lipinski definition) is 1. The van der Waals surface area contributed by atoms with Crippen molar-refractivity contribution in [1.82, 2.24) is 0 Å². The van der Waals surface area contributed by atoms with Crippen LogP contribution in [0.15, 0.2) is 54.6 Å². The molecule has 0 unspecified atom stereocenters. The summed E-state index contributed by atoms with van der Waals surface area (Å²) in [4.78, 5) is 11.1. The van der Waals surface area contributed by atoms with Crippen molar-refractivity contribution < 1.29 is 24.1 Å². The van der Waals surface area contributed by atoms with Crippen molar-refractivity contribution in [3.05, 3.63) is 71.3 Å². The SMILES string of the molecule is COc1cccc2c1[C@H](/C=C/c1ccccc1)[C@@H]([C@H](O)COC(C)=O)OC2. The molecule has 0 fully saturated rings. The average Bonchev–Trinajstić information content (AvgIpc) is 2.70. The molecule has 2 aromatic rings. The number of esters is 1. The fourth-order valence-electron chi connectivity index (χ4n) is 3.36. The molecule has 0 spiro atoms. The number of hydrogen-bond acceptors (Lipinski definition) is 5. The summed E-state index contributed by atoms with van der Waals surface area (Å²) in [5, 5.41) is 10.6. The number of aliphatic hydroxyl groups is 1. The van der Waals surface area contributed by atoms with Gasteiger partial charge in [-0.05, 0) is 17.2 Å². The van der Waals surface area contributed by atoms with Crippen molar-refractivity contribution in [3.63, 3.8) is 0 Å². The smallest absolute Gasteiger partial charge is 0.302 e. The summed E-state index contributed by atoms with van der Waals surface area (Å²) in [5.74, 6) is 0.0816. The van der Waals surface area contributed by atoms with E-state index in [2.05, 4.69) is 0 Å². The number of carbonyl (C=O) groups is 1. The highest BCUT2D eigenvalue weighted by Gasteiger charge is 2.36. The van der Waals surface area contributed by atoms with Crippen molar-refractivity contribution in [2.75, 3.05) is 13.7 Å². The van der Waals surface area contributed by atoms with E-state index in [0.717, 1.165) is 22.4 Å². The maximum Gasteiger partial charge on any atom is 0.302 e. The molecule has 27 heavy (non-hydrogen) atoms. The van der Waals surface area contributed by atoms with E-state index in [1.165, 1.54) is 6.92 Å². The Morgan fingerprint density at radius 2 is 2.04 bits per heavy atom. The lowest BCUT2D eigenvalue weighted by Crippen LogP contribution is -2.40. The molecule has 3 rings (SSSR count). The second kappa shape index (κ2) is 8.84. The Morgan fingerprint density at radius 1 is 1.26 bits per heavy atom. The van der Waals surface area contributed by atoms with Crippen molar-refractivity contribution in [3.8, 4) is 5.75 Å². The summed E-state index contributed by atoms with van der Waals surface area (Å²) in [6.07, 6.45) is 2.52. The van der Waals surface area contributed by atoms with Gasteiger partial charge >= 0.3 is 5.97 Å². The van der Waals surface area contributed by atoms with Gasteiger partial charge in [0, 0.05) is 18.4 Å². The molecule has 2 aromatic carbocycles. The van der Waals surface area contributed by atoms with Crippen LogP contribution in [0.3, 0.4) is 0 Å². The van der Waals surface area contributed by atoms with E-state index < -0.39 is 18.2 Å². The normalized spacial score (nSPS) is 20.1. The molecule has 0 saturated heterocycles. The highest BCUT2D eigenvalue weighted by Crippen LogP contribution is 2.40. The fourth-order valence-corrected chi connectivity index (χ4v) is 3.36. The molecule has 0 radical (unpaired) electrons. The van der Waals surface area contributed by atoms with Crippen LogP contribution >= 0.6 is 0 Å². The van der Waals surface area contributed by atoms with E-state index in [1.54, 1.807) is 7.11 Å². The van der Waals surface area contributed by atoms with Crippen LogP contribution in [0.4, 0.5) is 0 Å². The number of aliphatic hydroxyl groups excluding tert-OH is 1. The van der Waals surface area contributed by atoms with Crippen LogP contribution < -0.4 is 4.74 Å². The number of carbonyl (C=O) groups excluding carboxylic acids is 1. The predicted molar refractivity (Wildman–Crippen MR) is 102 cm³/mol. The molecule has 1 aliphatic heterocycles. The Kier molecular flexibility index (Phi) is 6.27. The summed E-state index contributed by atoms with van der Waals surface area (Å²) in [7, 11) is 1.63. The molecular formula is C22H24O5.